The van der Waals surface area contributed by atoms with E-state index in [1.165, 1.54) is 6.33 Å². The molecule has 23 heavy (non-hydrogen) atoms. The van der Waals surface area contributed by atoms with E-state index < -0.39 is 0 Å². The summed E-state index contributed by atoms with van der Waals surface area (Å²) < 4.78 is 7.23. The highest BCUT2D eigenvalue weighted by molar-refractivity contribution is 5.78. The Balaban J connectivity index is 1.60. The van der Waals surface area contributed by atoms with Gasteiger partial charge in [-0.2, -0.15) is 5.10 Å². The smallest absolute Gasteiger partial charge is 0.226 e. The maximum Gasteiger partial charge on any atom is 0.226 e. The molecule has 0 bridgehead atoms. The average molecular weight is 316 g/mol. The first-order valence-electron chi connectivity index (χ1n) is 7.59. The van der Waals surface area contributed by atoms with Crippen LogP contribution in [0.4, 0.5) is 5.82 Å². The molecule has 0 saturated carbocycles. The lowest BCUT2D eigenvalue weighted by atomic mass is 10.0. The van der Waals surface area contributed by atoms with Crippen molar-refractivity contribution in [3.05, 3.63) is 36.5 Å². The molecule has 1 saturated heterocycles. The van der Waals surface area contributed by atoms with Gasteiger partial charge in [-0.15, -0.1) is 0 Å². The van der Waals surface area contributed by atoms with Crippen LogP contribution in [-0.4, -0.2) is 51.0 Å². The van der Waals surface area contributed by atoms with Gasteiger partial charge >= 0.3 is 0 Å². The normalized spacial score (nSPS) is 20.9. The van der Waals surface area contributed by atoms with Crippen molar-refractivity contribution in [2.75, 3.05) is 18.5 Å². The minimum atomic E-state index is -0.0193. The fourth-order valence-corrected chi connectivity index (χ4v) is 2.62. The number of carbonyl (C=O) groups is 1. The Bertz CT molecular complexity index is 644. The Hall–Kier alpha value is -2.48. The minimum Gasteiger partial charge on any atom is -0.379 e. The highest BCUT2D eigenvalue weighted by atomic mass is 16.5. The molecule has 3 heterocycles. The minimum absolute atomic E-state index is 0.000516. The summed E-state index contributed by atoms with van der Waals surface area (Å²) >= 11 is 0. The number of nitrogens with zero attached hydrogens (tertiary/aromatic N) is 4. The van der Waals surface area contributed by atoms with E-state index in [1.807, 2.05) is 13.1 Å². The van der Waals surface area contributed by atoms with Crippen LogP contribution in [-0.2, 0) is 23.0 Å². The summed E-state index contributed by atoms with van der Waals surface area (Å²) in [5.74, 6) is 0.705. The van der Waals surface area contributed by atoms with Gasteiger partial charge in [0.25, 0.3) is 0 Å². The molecule has 0 radical (unpaired) electrons. The van der Waals surface area contributed by atoms with Crippen LogP contribution in [0.2, 0.25) is 0 Å². The van der Waals surface area contributed by atoms with Crippen LogP contribution in [0, 0.1) is 0 Å². The zero-order valence-electron chi connectivity index (χ0n) is 13.0. The van der Waals surface area contributed by atoms with E-state index in [9.17, 15) is 4.79 Å². The van der Waals surface area contributed by atoms with Crippen LogP contribution in [0.5, 0.6) is 0 Å². The third-order valence-corrected chi connectivity index (χ3v) is 3.88. The Morgan fingerprint density at radius 1 is 1.39 bits per heavy atom. The fourth-order valence-electron chi connectivity index (χ4n) is 2.62. The molecular weight excluding hydrogens is 296 g/mol. The first-order chi connectivity index (χ1) is 11.2. The van der Waals surface area contributed by atoms with Crippen molar-refractivity contribution >= 4 is 11.7 Å². The molecule has 0 aliphatic carbocycles. The van der Waals surface area contributed by atoms with Crippen molar-refractivity contribution in [3.63, 3.8) is 0 Å². The SMILES string of the molecule is Cn1nccc1CC(=O)N[C@H]1CCOC[C@H]1Nc1ccncn1. The molecule has 3 rings (SSSR count). The number of nitrogens with one attached hydrogen (secondary N) is 2. The number of hydrogen-bond donors (Lipinski definition) is 2. The molecule has 2 aromatic rings. The second-order valence-electron chi connectivity index (χ2n) is 5.51. The molecule has 0 unspecified atom stereocenters. The second-order valence-corrected chi connectivity index (χ2v) is 5.51. The predicted molar refractivity (Wildman–Crippen MR) is 83.7 cm³/mol. The molecule has 8 heteroatoms. The number of rotatable bonds is 5. The van der Waals surface area contributed by atoms with Crippen LogP contribution in [0.25, 0.3) is 0 Å². The lowest BCUT2D eigenvalue weighted by Crippen LogP contribution is -2.52. The van der Waals surface area contributed by atoms with Gasteiger partial charge in [-0.25, -0.2) is 9.97 Å². The number of aryl methyl sites for hydroxylation is 1. The molecular formula is C15H20N6O2. The Labute approximate surface area is 134 Å². The van der Waals surface area contributed by atoms with E-state index in [-0.39, 0.29) is 18.0 Å². The summed E-state index contributed by atoms with van der Waals surface area (Å²) in [4.78, 5) is 20.3. The van der Waals surface area contributed by atoms with Crippen LogP contribution in [0.3, 0.4) is 0 Å². The van der Waals surface area contributed by atoms with Crippen molar-refractivity contribution in [1.82, 2.24) is 25.1 Å². The van der Waals surface area contributed by atoms with Gasteiger partial charge in [0.15, 0.2) is 0 Å². The van der Waals surface area contributed by atoms with Gasteiger partial charge in [0.1, 0.15) is 12.1 Å². The molecule has 1 aliphatic rings. The summed E-state index contributed by atoms with van der Waals surface area (Å²) in [6.45, 7) is 1.17. The Morgan fingerprint density at radius 2 is 2.30 bits per heavy atom. The standard InChI is InChI=1S/C15H20N6O2/c1-21-11(2-6-18-21)8-15(22)20-12-4-7-23-9-13(12)19-14-3-5-16-10-17-14/h2-3,5-6,10,12-13H,4,7-9H2,1H3,(H,20,22)(H,16,17,19)/t12-,13+/m0/s1. The molecule has 2 atom stereocenters. The highest BCUT2D eigenvalue weighted by Gasteiger charge is 2.27. The number of anilines is 1. The third-order valence-electron chi connectivity index (χ3n) is 3.88. The van der Waals surface area contributed by atoms with Crippen LogP contribution >= 0.6 is 0 Å². The molecule has 2 N–H and O–H groups in total. The predicted octanol–water partition coefficient (Wildman–Crippen LogP) is 0.138. The summed E-state index contributed by atoms with van der Waals surface area (Å²) in [6, 6.07) is 3.62. The second kappa shape index (κ2) is 7.19. The van der Waals surface area contributed by atoms with E-state index >= 15 is 0 Å². The van der Waals surface area contributed by atoms with Crippen molar-refractivity contribution in [2.45, 2.75) is 24.9 Å². The topological polar surface area (TPSA) is 94.0 Å². The first kappa shape index (κ1) is 15.4. The van der Waals surface area contributed by atoms with Crippen molar-refractivity contribution in [2.24, 2.45) is 7.05 Å². The average Bonchev–Trinajstić information content (AvgIpc) is 2.95. The number of hydrogen-bond acceptors (Lipinski definition) is 6. The number of aromatic nitrogens is 4. The number of amides is 1. The van der Waals surface area contributed by atoms with E-state index in [0.29, 0.717) is 19.6 Å². The van der Waals surface area contributed by atoms with Gasteiger partial charge < -0.3 is 15.4 Å². The number of carbonyl (C=O) groups excluding carboxylic acids is 1. The van der Waals surface area contributed by atoms with Crippen molar-refractivity contribution in [3.8, 4) is 0 Å². The third kappa shape index (κ3) is 4.04. The van der Waals surface area contributed by atoms with Gasteiger partial charge in [-0.05, 0) is 18.6 Å². The molecule has 1 fully saturated rings. The molecule has 122 valence electrons. The molecule has 2 aromatic heterocycles. The summed E-state index contributed by atoms with van der Waals surface area (Å²) in [5.41, 5.74) is 0.884. The van der Waals surface area contributed by atoms with Crippen molar-refractivity contribution in [1.29, 1.82) is 0 Å². The highest BCUT2D eigenvalue weighted by Crippen LogP contribution is 2.13. The molecule has 0 aromatic carbocycles. The van der Waals surface area contributed by atoms with Gasteiger partial charge in [0.2, 0.25) is 5.91 Å². The van der Waals surface area contributed by atoms with Crippen molar-refractivity contribution < 1.29 is 9.53 Å². The zero-order chi connectivity index (χ0) is 16.1. The zero-order valence-corrected chi connectivity index (χ0v) is 13.0. The van der Waals surface area contributed by atoms with Crippen LogP contribution in [0.15, 0.2) is 30.9 Å². The maximum atomic E-state index is 12.3. The summed E-state index contributed by atoms with van der Waals surface area (Å²) in [7, 11) is 1.83. The van der Waals surface area contributed by atoms with E-state index in [2.05, 4.69) is 25.7 Å². The first-order valence-corrected chi connectivity index (χ1v) is 7.59. The molecule has 8 nitrogen and oxygen atoms in total. The molecule has 1 aliphatic heterocycles. The fraction of sp³-hybridized carbons (Fsp3) is 0.467. The largest absolute Gasteiger partial charge is 0.379 e. The van der Waals surface area contributed by atoms with Gasteiger partial charge in [-0.3, -0.25) is 9.48 Å². The van der Waals surface area contributed by atoms with E-state index in [1.54, 1.807) is 23.1 Å². The maximum absolute atomic E-state index is 12.3. The van der Waals surface area contributed by atoms with Gasteiger partial charge in [0, 0.05) is 31.7 Å². The molecule has 1 amide bonds. The monoisotopic (exact) mass is 316 g/mol. The number of ether oxygens (including phenoxy) is 1. The lowest BCUT2D eigenvalue weighted by molar-refractivity contribution is -0.121. The quantitative estimate of drug-likeness (QED) is 0.815. The Morgan fingerprint density at radius 3 is 3.04 bits per heavy atom. The van der Waals surface area contributed by atoms with E-state index in [0.717, 1.165) is 17.9 Å². The van der Waals surface area contributed by atoms with E-state index in [4.69, 9.17) is 4.74 Å². The summed E-state index contributed by atoms with van der Waals surface area (Å²) in [5, 5.41) is 10.5. The molecule has 0 spiro atoms. The van der Waals surface area contributed by atoms with Gasteiger partial charge in [-0.1, -0.05) is 0 Å². The van der Waals surface area contributed by atoms with Crippen LogP contribution < -0.4 is 10.6 Å². The lowest BCUT2D eigenvalue weighted by Gasteiger charge is -2.33. The van der Waals surface area contributed by atoms with Gasteiger partial charge in [0.05, 0.1) is 25.1 Å². The Kier molecular flexibility index (Phi) is 4.82. The van der Waals surface area contributed by atoms with Crippen LogP contribution in [0.1, 0.15) is 12.1 Å². The summed E-state index contributed by atoms with van der Waals surface area (Å²) in [6.07, 6.45) is 5.93.